The van der Waals surface area contributed by atoms with Crippen LogP contribution in [0, 0.1) is 5.92 Å². The Kier molecular flexibility index (Phi) is 3.54. The van der Waals surface area contributed by atoms with Crippen LogP contribution in [0.3, 0.4) is 0 Å². The smallest absolute Gasteiger partial charge is 0.376 e. The predicted molar refractivity (Wildman–Crippen MR) is 64.3 cm³/mol. The van der Waals surface area contributed by atoms with Crippen molar-refractivity contribution in [3.05, 3.63) is 28.2 Å². The average molecular weight is 274 g/mol. The monoisotopic (exact) mass is 273 g/mol. The van der Waals surface area contributed by atoms with Gasteiger partial charge in [0.1, 0.15) is 0 Å². The Morgan fingerprint density at radius 3 is 2.59 bits per heavy atom. The van der Waals surface area contributed by atoms with Crippen LogP contribution in [0.15, 0.2) is 18.2 Å². The first-order chi connectivity index (χ1) is 8.06. The summed E-state index contributed by atoms with van der Waals surface area (Å²) < 4.78 is 4.58. The maximum Gasteiger partial charge on any atom is 0.419 e. The van der Waals surface area contributed by atoms with Gasteiger partial charge in [0.05, 0.1) is 16.6 Å². The number of ether oxygens (including phenoxy) is 1. The van der Waals surface area contributed by atoms with Crippen molar-refractivity contribution in [3.63, 3.8) is 0 Å². The number of hydrogen-bond donors (Lipinski definition) is 1. The molecule has 4 nitrogen and oxygen atoms in total. The minimum absolute atomic E-state index is 0.124. The highest BCUT2D eigenvalue weighted by atomic mass is 35.5. The summed E-state index contributed by atoms with van der Waals surface area (Å²) in [5.74, 6) is -0.617. The van der Waals surface area contributed by atoms with Gasteiger partial charge in [-0.15, -0.1) is 0 Å². The number of esters is 1. The van der Waals surface area contributed by atoms with E-state index in [0.29, 0.717) is 10.7 Å². The number of hydrogen-bond acceptors (Lipinski definition) is 3. The van der Waals surface area contributed by atoms with Gasteiger partial charge in [0, 0.05) is 5.02 Å². The van der Waals surface area contributed by atoms with Crippen molar-refractivity contribution in [2.45, 2.75) is 12.8 Å². The molecule has 0 unspecified atom stereocenters. The van der Waals surface area contributed by atoms with Gasteiger partial charge in [-0.1, -0.05) is 23.2 Å². The van der Waals surface area contributed by atoms with Crippen LogP contribution in [0.5, 0.6) is 0 Å². The summed E-state index contributed by atoms with van der Waals surface area (Å²) in [5.41, 5.74) is 0.352. The van der Waals surface area contributed by atoms with Gasteiger partial charge in [-0.05, 0) is 31.0 Å². The largest absolute Gasteiger partial charge is 0.419 e. The first kappa shape index (κ1) is 12.2. The average Bonchev–Trinajstić information content (AvgIpc) is 3.05. The van der Waals surface area contributed by atoms with Crippen molar-refractivity contribution in [2.75, 3.05) is 5.32 Å². The Morgan fingerprint density at radius 1 is 1.29 bits per heavy atom. The molecule has 0 aliphatic heterocycles. The summed E-state index contributed by atoms with van der Waals surface area (Å²) in [4.78, 5) is 22.6. The zero-order valence-electron chi connectivity index (χ0n) is 8.70. The van der Waals surface area contributed by atoms with Crippen molar-refractivity contribution in [3.8, 4) is 0 Å². The molecule has 1 aliphatic carbocycles. The highest BCUT2D eigenvalue weighted by Gasteiger charge is 2.32. The Labute approximate surface area is 108 Å². The van der Waals surface area contributed by atoms with Crippen LogP contribution >= 0.6 is 23.2 Å². The Bertz CT molecular complexity index is 472. The lowest BCUT2D eigenvalue weighted by Gasteiger charge is -2.06. The quantitative estimate of drug-likeness (QED) is 0.663. The first-order valence-corrected chi connectivity index (χ1v) is 5.79. The molecule has 1 N–H and O–H groups in total. The molecule has 0 bridgehead atoms. The zero-order chi connectivity index (χ0) is 12.4. The summed E-state index contributed by atoms with van der Waals surface area (Å²) in [6, 6.07) is 4.60. The van der Waals surface area contributed by atoms with Crippen LogP contribution in [-0.2, 0) is 9.53 Å². The lowest BCUT2D eigenvalue weighted by molar-refractivity contribution is -0.138. The van der Waals surface area contributed by atoms with Gasteiger partial charge in [0.15, 0.2) is 0 Å². The molecular formula is C11H9Cl2NO3. The third-order valence-electron chi connectivity index (χ3n) is 2.27. The van der Waals surface area contributed by atoms with E-state index in [1.165, 1.54) is 12.1 Å². The lowest BCUT2D eigenvalue weighted by atomic mass is 10.3. The Hall–Kier alpha value is -1.26. The molecule has 1 saturated carbocycles. The number of carbonyl (C=O) groups is 2. The fraction of sp³-hybridized carbons (Fsp3) is 0.273. The molecule has 0 atom stereocenters. The third kappa shape index (κ3) is 3.35. The number of halogens is 2. The fourth-order valence-corrected chi connectivity index (χ4v) is 1.68. The van der Waals surface area contributed by atoms with Crippen molar-refractivity contribution >= 4 is 41.0 Å². The van der Waals surface area contributed by atoms with E-state index in [4.69, 9.17) is 23.2 Å². The molecule has 0 heterocycles. The van der Waals surface area contributed by atoms with E-state index in [1.54, 1.807) is 6.07 Å². The molecule has 2 rings (SSSR count). The number of benzene rings is 1. The Morgan fingerprint density at radius 2 is 2.00 bits per heavy atom. The van der Waals surface area contributed by atoms with Gasteiger partial charge in [0.2, 0.25) is 0 Å². The SMILES string of the molecule is O=C(Nc1ccc(Cl)cc1Cl)OC(=O)C1CC1. The molecule has 17 heavy (non-hydrogen) atoms. The summed E-state index contributed by atoms with van der Waals surface area (Å²) in [5, 5.41) is 3.12. The van der Waals surface area contributed by atoms with Crippen LogP contribution < -0.4 is 5.32 Å². The van der Waals surface area contributed by atoms with Crippen molar-refractivity contribution < 1.29 is 14.3 Å². The second kappa shape index (κ2) is 4.94. The van der Waals surface area contributed by atoms with E-state index in [0.717, 1.165) is 12.8 Å². The maximum absolute atomic E-state index is 11.3. The molecule has 1 amide bonds. The Balaban J connectivity index is 1.95. The summed E-state index contributed by atoms with van der Waals surface area (Å²) >= 11 is 11.6. The third-order valence-corrected chi connectivity index (χ3v) is 2.82. The fourth-order valence-electron chi connectivity index (χ4n) is 1.22. The molecule has 0 saturated heterocycles. The molecule has 0 aromatic heterocycles. The molecule has 0 spiro atoms. The highest BCUT2D eigenvalue weighted by molar-refractivity contribution is 6.36. The van der Waals surface area contributed by atoms with Gasteiger partial charge >= 0.3 is 12.1 Å². The van der Waals surface area contributed by atoms with Gasteiger partial charge in [0.25, 0.3) is 0 Å². The molecule has 1 aliphatic rings. The van der Waals surface area contributed by atoms with Crippen molar-refractivity contribution in [2.24, 2.45) is 5.92 Å². The van der Waals surface area contributed by atoms with Crippen LogP contribution in [0.1, 0.15) is 12.8 Å². The minimum atomic E-state index is -0.828. The normalized spacial score (nSPS) is 14.2. The van der Waals surface area contributed by atoms with E-state index in [1.807, 2.05) is 0 Å². The summed E-state index contributed by atoms with van der Waals surface area (Å²) in [7, 11) is 0. The number of amides is 1. The van der Waals surface area contributed by atoms with Crippen LogP contribution in [0.2, 0.25) is 10.0 Å². The highest BCUT2D eigenvalue weighted by Crippen LogP contribution is 2.30. The van der Waals surface area contributed by atoms with Crippen LogP contribution in [0.25, 0.3) is 0 Å². The first-order valence-electron chi connectivity index (χ1n) is 5.04. The molecule has 6 heteroatoms. The van der Waals surface area contributed by atoms with Gasteiger partial charge in [-0.2, -0.15) is 0 Å². The minimum Gasteiger partial charge on any atom is -0.376 e. The van der Waals surface area contributed by atoms with E-state index >= 15 is 0 Å². The second-order valence-corrected chi connectivity index (χ2v) is 4.58. The summed E-state index contributed by atoms with van der Waals surface area (Å²) in [6.45, 7) is 0. The van der Waals surface area contributed by atoms with Crippen LogP contribution in [-0.4, -0.2) is 12.1 Å². The molecule has 1 fully saturated rings. The number of nitrogens with one attached hydrogen (secondary N) is 1. The molecule has 0 radical (unpaired) electrons. The molecule has 90 valence electrons. The van der Waals surface area contributed by atoms with E-state index in [9.17, 15) is 9.59 Å². The predicted octanol–water partition coefficient (Wildman–Crippen LogP) is 3.48. The van der Waals surface area contributed by atoms with Gasteiger partial charge in [-0.25, -0.2) is 4.79 Å². The van der Waals surface area contributed by atoms with E-state index in [2.05, 4.69) is 10.1 Å². The van der Waals surface area contributed by atoms with Crippen molar-refractivity contribution in [1.82, 2.24) is 0 Å². The number of anilines is 1. The number of rotatable bonds is 2. The van der Waals surface area contributed by atoms with Gasteiger partial charge in [-0.3, -0.25) is 10.1 Å². The van der Waals surface area contributed by atoms with E-state index < -0.39 is 12.1 Å². The zero-order valence-corrected chi connectivity index (χ0v) is 10.2. The van der Waals surface area contributed by atoms with Crippen LogP contribution in [0.4, 0.5) is 10.5 Å². The molecule has 1 aromatic rings. The van der Waals surface area contributed by atoms with E-state index in [-0.39, 0.29) is 10.9 Å². The number of carbonyl (C=O) groups excluding carboxylic acids is 2. The topological polar surface area (TPSA) is 55.4 Å². The molecular weight excluding hydrogens is 265 g/mol. The standard InChI is InChI=1S/C11H9Cl2NO3/c12-7-3-4-9(8(13)5-7)14-11(16)17-10(15)6-1-2-6/h3-6H,1-2H2,(H,14,16). The lowest BCUT2D eigenvalue weighted by Crippen LogP contribution is -2.19. The van der Waals surface area contributed by atoms with Crippen molar-refractivity contribution in [1.29, 1.82) is 0 Å². The maximum atomic E-state index is 11.3. The summed E-state index contributed by atoms with van der Waals surface area (Å²) in [6.07, 6.45) is 0.743. The van der Waals surface area contributed by atoms with Gasteiger partial charge < -0.3 is 4.74 Å². The second-order valence-electron chi connectivity index (χ2n) is 3.73. The molecule has 1 aromatic carbocycles.